The van der Waals surface area contributed by atoms with E-state index in [9.17, 15) is 9.18 Å². The maximum absolute atomic E-state index is 13.7. The van der Waals surface area contributed by atoms with Crippen molar-refractivity contribution in [1.82, 2.24) is 4.98 Å². The molecule has 0 saturated carbocycles. The number of carbonyl (C=O) groups excluding carboxylic acids is 1. The lowest BCUT2D eigenvalue weighted by molar-refractivity contribution is 0.112. The monoisotopic (exact) mass is 244 g/mol. The predicted octanol–water partition coefficient (Wildman–Crippen LogP) is 3.11. The van der Waals surface area contributed by atoms with Crippen molar-refractivity contribution in [3.63, 3.8) is 0 Å². The maximum atomic E-state index is 13.7. The second-order valence-electron chi connectivity index (χ2n) is 4.04. The summed E-state index contributed by atoms with van der Waals surface area (Å²) in [6, 6.07) is 8.23. The number of halogens is 1. The Morgan fingerprint density at radius 2 is 2.06 bits per heavy atom. The lowest BCUT2D eigenvalue weighted by Gasteiger charge is -2.20. The van der Waals surface area contributed by atoms with Crippen LogP contribution in [0.2, 0.25) is 0 Å². The highest BCUT2D eigenvalue weighted by Crippen LogP contribution is 2.26. The minimum Gasteiger partial charge on any atom is -0.327 e. The van der Waals surface area contributed by atoms with Gasteiger partial charge in [-0.2, -0.15) is 0 Å². The van der Waals surface area contributed by atoms with Gasteiger partial charge in [0, 0.05) is 18.8 Å². The Hall–Kier alpha value is -2.23. The quantitative estimate of drug-likeness (QED) is 0.778. The first-order valence-electron chi connectivity index (χ1n) is 5.53. The number of pyridine rings is 1. The zero-order valence-corrected chi connectivity index (χ0v) is 10.2. The number of hydrogen-bond acceptors (Lipinski definition) is 3. The van der Waals surface area contributed by atoms with Gasteiger partial charge in [0.2, 0.25) is 0 Å². The molecule has 0 unspecified atom stereocenters. The summed E-state index contributed by atoms with van der Waals surface area (Å²) in [6.07, 6.45) is 2.22. The Labute approximate surface area is 105 Å². The van der Waals surface area contributed by atoms with Crippen molar-refractivity contribution in [2.75, 3.05) is 11.9 Å². The van der Waals surface area contributed by atoms with Crippen LogP contribution in [-0.4, -0.2) is 18.3 Å². The molecular formula is C14H13FN2O. The number of para-hydroxylation sites is 1. The minimum absolute atomic E-state index is 0.305. The summed E-state index contributed by atoms with van der Waals surface area (Å²) in [5, 5.41) is 0. The number of benzene rings is 1. The first kappa shape index (κ1) is 12.2. The van der Waals surface area contributed by atoms with E-state index < -0.39 is 0 Å². The van der Waals surface area contributed by atoms with Crippen LogP contribution in [0.5, 0.6) is 0 Å². The van der Waals surface area contributed by atoms with Crippen LogP contribution in [0.25, 0.3) is 0 Å². The van der Waals surface area contributed by atoms with Crippen molar-refractivity contribution in [2.24, 2.45) is 0 Å². The number of nitrogens with zero attached hydrogens (tertiary/aromatic N) is 2. The highest BCUT2D eigenvalue weighted by molar-refractivity contribution is 5.76. The van der Waals surface area contributed by atoms with E-state index in [-0.39, 0.29) is 5.82 Å². The van der Waals surface area contributed by atoms with Gasteiger partial charge in [0.05, 0.1) is 5.69 Å². The van der Waals surface area contributed by atoms with Crippen LogP contribution in [0.15, 0.2) is 36.5 Å². The van der Waals surface area contributed by atoms with Gasteiger partial charge in [-0.05, 0) is 30.7 Å². The number of aromatic nitrogens is 1. The second kappa shape index (κ2) is 4.96. The molecule has 0 aliphatic carbocycles. The van der Waals surface area contributed by atoms with Crippen molar-refractivity contribution in [3.05, 3.63) is 53.5 Å². The molecule has 0 saturated heterocycles. The first-order chi connectivity index (χ1) is 8.63. The lowest BCUT2D eigenvalue weighted by Crippen LogP contribution is -2.14. The van der Waals surface area contributed by atoms with Crippen molar-refractivity contribution in [1.29, 1.82) is 0 Å². The third kappa shape index (κ3) is 2.22. The van der Waals surface area contributed by atoms with Crippen LogP contribution in [0.1, 0.15) is 15.9 Å². The molecule has 18 heavy (non-hydrogen) atoms. The Morgan fingerprint density at radius 1 is 1.33 bits per heavy atom. The minimum atomic E-state index is -0.305. The standard InChI is InChI=1S/C14H13FN2O/c1-10-7-11(9-18)8-16-14(10)17(2)13-6-4-3-5-12(13)15/h3-9H,1-2H3. The van der Waals surface area contributed by atoms with Gasteiger partial charge >= 0.3 is 0 Å². The molecular weight excluding hydrogens is 231 g/mol. The average molecular weight is 244 g/mol. The van der Waals surface area contributed by atoms with Crippen LogP contribution < -0.4 is 4.90 Å². The number of aldehydes is 1. The van der Waals surface area contributed by atoms with E-state index in [1.807, 2.05) is 6.92 Å². The predicted molar refractivity (Wildman–Crippen MR) is 68.8 cm³/mol. The van der Waals surface area contributed by atoms with Gasteiger partial charge in [-0.3, -0.25) is 4.79 Å². The zero-order chi connectivity index (χ0) is 13.1. The molecule has 1 aromatic carbocycles. The molecule has 0 amide bonds. The topological polar surface area (TPSA) is 33.2 Å². The summed E-state index contributed by atoms with van der Waals surface area (Å²) < 4.78 is 13.7. The summed E-state index contributed by atoms with van der Waals surface area (Å²) in [5.41, 5.74) is 1.79. The highest BCUT2D eigenvalue weighted by Gasteiger charge is 2.12. The Kier molecular flexibility index (Phi) is 3.37. The summed E-state index contributed by atoms with van der Waals surface area (Å²) in [4.78, 5) is 16.5. The molecule has 0 fully saturated rings. The fourth-order valence-electron chi connectivity index (χ4n) is 1.84. The zero-order valence-electron chi connectivity index (χ0n) is 10.2. The molecule has 1 heterocycles. The summed E-state index contributed by atoms with van der Waals surface area (Å²) in [7, 11) is 1.74. The van der Waals surface area contributed by atoms with Crippen LogP contribution in [-0.2, 0) is 0 Å². The van der Waals surface area contributed by atoms with E-state index in [4.69, 9.17) is 0 Å². The molecule has 0 aliphatic heterocycles. The summed E-state index contributed by atoms with van der Waals surface area (Å²) in [6.45, 7) is 1.84. The van der Waals surface area contributed by atoms with Gasteiger partial charge in [0.1, 0.15) is 11.6 Å². The number of anilines is 2. The van der Waals surface area contributed by atoms with Gasteiger partial charge in [0.15, 0.2) is 6.29 Å². The molecule has 0 bridgehead atoms. The molecule has 2 rings (SSSR count). The van der Waals surface area contributed by atoms with Gasteiger partial charge in [-0.1, -0.05) is 12.1 Å². The summed E-state index contributed by atoms with van der Waals surface area (Å²) in [5.74, 6) is 0.325. The average Bonchev–Trinajstić information content (AvgIpc) is 2.38. The van der Waals surface area contributed by atoms with E-state index in [0.717, 1.165) is 11.8 Å². The molecule has 0 N–H and O–H groups in total. The third-order valence-electron chi connectivity index (χ3n) is 2.74. The van der Waals surface area contributed by atoms with Crippen LogP contribution >= 0.6 is 0 Å². The first-order valence-corrected chi connectivity index (χ1v) is 5.53. The lowest BCUT2D eigenvalue weighted by atomic mass is 10.2. The Balaban J connectivity index is 2.43. The Bertz CT molecular complexity index is 584. The third-order valence-corrected chi connectivity index (χ3v) is 2.74. The number of rotatable bonds is 3. The number of carbonyl (C=O) groups is 1. The van der Waals surface area contributed by atoms with Crippen molar-refractivity contribution in [2.45, 2.75) is 6.92 Å². The normalized spacial score (nSPS) is 10.2. The molecule has 4 heteroatoms. The highest BCUT2D eigenvalue weighted by atomic mass is 19.1. The largest absolute Gasteiger partial charge is 0.327 e. The van der Waals surface area contributed by atoms with E-state index in [1.165, 1.54) is 12.3 Å². The Morgan fingerprint density at radius 3 is 2.67 bits per heavy atom. The number of hydrogen-bond donors (Lipinski definition) is 0. The second-order valence-corrected chi connectivity index (χ2v) is 4.04. The smallest absolute Gasteiger partial charge is 0.151 e. The van der Waals surface area contributed by atoms with E-state index in [1.54, 1.807) is 36.2 Å². The van der Waals surface area contributed by atoms with E-state index in [0.29, 0.717) is 17.1 Å². The van der Waals surface area contributed by atoms with Crippen molar-refractivity contribution >= 4 is 17.8 Å². The fourth-order valence-corrected chi connectivity index (χ4v) is 1.84. The molecule has 3 nitrogen and oxygen atoms in total. The van der Waals surface area contributed by atoms with E-state index >= 15 is 0 Å². The van der Waals surface area contributed by atoms with Gasteiger partial charge < -0.3 is 4.90 Å². The molecule has 1 aromatic heterocycles. The van der Waals surface area contributed by atoms with Crippen molar-refractivity contribution in [3.8, 4) is 0 Å². The molecule has 0 aliphatic rings. The SMILES string of the molecule is Cc1cc(C=O)cnc1N(C)c1ccccc1F. The van der Waals surface area contributed by atoms with Crippen LogP contribution in [0.4, 0.5) is 15.9 Å². The molecule has 0 radical (unpaired) electrons. The van der Waals surface area contributed by atoms with E-state index in [2.05, 4.69) is 4.98 Å². The molecule has 0 spiro atoms. The molecule has 92 valence electrons. The van der Waals surface area contributed by atoms with Crippen LogP contribution in [0, 0.1) is 12.7 Å². The molecule has 2 aromatic rings. The molecule has 0 atom stereocenters. The van der Waals surface area contributed by atoms with Crippen molar-refractivity contribution < 1.29 is 9.18 Å². The van der Waals surface area contributed by atoms with Gasteiger partial charge in [-0.15, -0.1) is 0 Å². The van der Waals surface area contributed by atoms with Gasteiger partial charge in [-0.25, -0.2) is 9.37 Å². The van der Waals surface area contributed by atoms with Crippen LogP contribution in [0.3, 0.4) is 0 Å². The van der Waals surface area contributed by atoms with Gasteiger partial charge in [0.25, 0.3) is 0 Å². The fraction of sp³-hybridized carbons (Fsp3) is 0.143. The maximum Gasteiger partial charge on any atom is 0.151 e. The number of aryl methyl sites for hydroxylation is 1. The summed E-state index contributed by atoms with van der Waals surface area (Å²) >= 11 is 0.